The van der Waals surface area contributed by atoms with Crippen molar-refractivity contribution in [2.24, 2.45) is 50.2 Å². The summed E-state index contributed by atoms with van der Waals surface area (Å²) in [6, 6.07) is 0. The first-order valence-corrected chi connectivity index (χ1v) is 26.6. The van der Waals surface area contributed by atoms with Crippen LogP contribution in [0.5, 0.6) is 0 Å². The second-order valence-electron chi connectivity index (χ2n) is 25.4. The molecule has 8 N–H and O–H groups in total. The molecule has 8 fully saturated rings. The normalized spacial score (nSPS) is 52.9. The summed E-state index contributed by atoms with van der Waals surface area (Å²) in [5.41, 5.74) is 0.516. The van der Waals surface area contributed by atoms with Gasteiger partial charge in [-0.2, -0.15) is 0 Å². The second kappa shape index (κ2) is 18.8. The molecule has 5 saturated carbocycles. The molecule has 0 unspecified atom stereocenters. The minimum atomic E-state index is -1.73. The lowest BCUT2D eigenvalue weighted by Gasteiger charge is -2.71. The van der Waals surface area contributed by atoms with E-state index >= 15 is 0 Å². The maximum Gasteiger partial charge on any atom is 0.312 e. The third-order valence-electron chi connectivity index (χ3n) is 20.9. The molecule has 6 aliphatic carbocycles. The fourth-order valence-electron chi connectivity index (χ4n) is 16.3. The summed E-state index contributed by atoms with van der Waals surface area (Å²) in [7, 11) is 0. The zero-order valence-corrected chi connectivity index (χ0v) is 42.6. The highest BCUT2D eigenvalue weighted by molar-refractivity contribution is 5.79. The molecular formula is C53H86O16. The van der Waals surface area contributed by atoms with Gasteiger partial charge in [-0.15, -0.1) is 0 Å². The average Bonchev–Trinajstić information content (AvgIpc) is 3.81. The monoisotopic (exact) mass is 979 g/mol. The van der Waals surface area contributed by atoms with Gasteiger partial charge in [0, 0.05) is 0 Å². The van der Waals surface area contributed by atoms with E-state index in [1.54, 1.807) is 0 Å². The molecular weight excluding hydrogens is 893 g/mol. The minimum absolute atomic E-state index is 0.0221. The molecule has 3 aliphatic heterocycles. The third kappa shape index (κ3) is 8.54. The Morgan fingerprint density at radius 3 is 1.84 bits per heavy atom. The lowest BCUT2D eigenvalue weighted by molar-refractivity contribution is -0.393. The summed E-state index contributed by atoms with van der Waals surface area (Å²) < 4.78 is 43.8. The van der Waals surface area contributed by atoms with Gasteiger partial charge in [-0.1, -0.05) is 60.1 Å². The van der Waals surface area contributed by atoms with Crippen LogP contribution in [0.3, 0.4) is 0 Å². The minimum Gasteiger partial charge on any atom is -0.462 e. The predicted octanol–water partition coefficient (Wildman–Crippen LogP) is 4.16. The van der Waals surface area contributed by atoms with E-state index < -0.39 is 116 Å². The third-order valence-corrected chi connectivity index (χ3v) is 20.9. The Labute approximate surface area is 408 Å². The summed E-state index contributed by atoms with van der Waals surface area (Å²) in [5, 5.41) is 87.0. The number of fused-ring (bicyclic) bond motifs is 7. The van der Waals surface area contributed by atoms with Crippen LogP contribution >= 0.6 is 0 Å². The number of aliphatic hydroxyl groups is 8. The van der Waals surface area contributed by atoms with E-state index in [1.807, 2.05) is 0 Å². The lowest BCUT2D eigenvalue weighted by Crippen LogP contribution is -2.68. The summed E-state index contributed by atoms with van der Waals surface area (Å²) >= 11 is 0. The zero-order chi connectivity index (χ0) is 50.0. The molecule has 69 heavy (non-hydrogen) atoms. The van der Waals surface area contributed by atoms with Gasteiger partial charge >= 0.3 is 5.97 Å². The van der Waals surface area contributed by atoms with Crippen molar-refractivity contribution in [2.45, 2.75) is 257 Å². The van der Waals surface area contributed by atoms with Crippen LogP contribution in [0.15, 0.2) is 11.6 Å². The average molecular weight is 979 g/mol. The molecule has 0 aromatic heterocycles. The van der Waals surface area contributed by atoms with Crippen molar-refractivity contribution >= 4 is 5.97 Å². The Kier molecular flexibility index (Phi) is 14.3. The highest BCUT2D eigenvalue weighted by Gasteiger charge is 2.70. The van der Waals surface area contributed by atoms with E-state index in [0.717, 1.165) is 83.5 Å². The van der Waals surface area contributed by atoms with Gasteiger partial charge in [0.15, 0.2) is 18.9 Å². The Bertz CT molecular complexity index is 1890. The first-order chi connectivity index (χ1) is 32.3. The fourth-order valence-corrected chi connectivity index (χ4v) is 16.3. The summed E-state index contributed by atoms with van der Waals surface area (Å²) in [4.78, 5) is 14.5. The van der Waals surface area contributed by atoms with E-state index in [0.29, 0.717) is 12.3 Å². The summed E-state index contributed by atoms with van der Waals surface area (Å²) in [6.07, 6.45) is -6.31. The molecule has 0 aromatic carbocycles. The molecule has 0 amide bonds. The fraction of sp³-hybridized carbons (Fsp3) is 0.943. The number of allylic oxidation sites excluding steroid dienone is 2. The van der Waals surface area contributed by atoms with Crippen LogP contribution in [0.2, 0.25) is 0 Å². The van der Waals surface area contributed by atoms with Gasteiger partial charge < -0.3 is 74.0 Å². The van der Waals surface area contributed by atoms with E-state index in [2.05, 4.69) is 54.5 Å². The molecule has 0 bridgehead atoms. The zero-order valence-electron chi connectivity index (χ0n) is 42.6. The molecule has 394 valence electrons. The Morgan fingerprint density at radius 1 is 0.638 bits per heavy atom. The molecule has 0 aromatic rings. The first-order valence-electron chi connectivity index (χ1n) is 26.6. The molecule has 16 nitrogen and oxygen atoms in total. The van der Waals surface area contributed by atoms with Gasteiger partial charge in [0.05, 0.1) is 30.3 Å². The van der Waals surface area contributed by atoms with E-state index in [-0.39, 0.29) is 45.6 Å². The Morgan fingerprint density at radius 2 is 1.23 bits per heavy atom. The highest BCUT2D eigenvalue weighted by atomic mass is 16.8. The molecule has 23 atom stereocenters. The van der Waals surface area contributed by atoms with Crippen LogP contribution in [0.4, 0.5) is 0 Å². The molecule has 0 spiro atoms. The number of carbonyl (C=O) groups is 1. The van der Waals surface area contributed by atoms with Crippen molar-refractivity contribution in [3.63, 3.8) is 0 Å². The van der Waals surface area contributed by atoms with Crippen LogP contribution in [-0.4, -0.2) is 158 Å². The number of rotatable bonds is 9. The maximum atomic E-state index is 14.5. The van der Waals surface area contributed by atoms with Gasteiger partial charge in [-0.05, 0) is 149 Å². The first kappa shape index (κ1) is 52.5. The molecule has 0 radical (unpaired) electrons. The van der Waals surface area contributed by atoms with Gasteiger partial charge in [0.1, 0.15) is 67.1 Å². The van der Waals surface area contributed by atoms with Crippen LogP contribution < -0.4 is 0 Å². The topological polar surface area (TPSA) is 244 Å². The number of hydrogen-bond acceptors (Lipinski definition) is 16. The van der Waals surface area contributed by atoms with Crippen molar-refractivity contribution in [3.05, 3.63) is 11.6 Å². The van der Waals surface area contributed by atoms with Gasteiger partial charge in [-0.3, -0.25) is 4.79 Å². The summed E-state index contributed by atoms with van der Waals surface area (Å²) in [5.74, 6) is 0.787. The SMILES string of the molecule is C[C@@H]1O[C@@H](O[C@H]2[C@H](O[C@H]3CC[C@]4(C)[C@H]5CC=C6[C@@H]7CC(C)(C)CC[C@]7(C(=O)OC7CCCC7)CC[C@@]6(C)[C@]5(C)CC[C@H]4C3(C)C)O[C@H](CO)[C@@H](O[C@@H]3O[C@@H](C)[C@H](O)[C@@H](O)[C@H]3O)[C@@H]2O)[C@H](O)[C@H](O)[C@H]1O. The van der Waals surface area contributed by atoms with Gasteiger partial charge in [-0.25, -0.2) is 0 Å². The van der Waals surface area contributed by atoms with Gasteiger partial charge in [0.2, 0.25) is 0 Å². The Balaban J connectivity index is 0.977. The van der Waals surface area contributed by atoms with E-state index in [9.17, 15) is 45.6 Å². The number of aliphatic hydroxyl groups excluding tert-OH is 8. The van der Waals surface area contributed by atoms with Crippen LogP contribution in [-0.2, 0) is 38.0 Å². The number of carbonyl (C=O) groups excluding carboxylic acids is 1. The van der Waals surface area contributed by atoms with Crippen molar-refractivity contribution in [3.8, 4) is 0 Å². The highest BCUT2D eigenvalue weighted by Crippen LogP contribution is 2.76. The number of ether oxygens (including phenoxy) is 7. The molecule has 16 heteroatoms. The van der Waals surface area contributed by atoms with Gasteiger partial charge in [0.25, 0.3) is 0 Å². The smallest absolute Gasteiger partial charge is 0.312 e. The lowest BCUT2D eigenvalue weighted by atomic mass is 9.33. The molecule has 9 aliphatic rings. The molecule has 3 saturated heterocycles. The van der Waals surface area contributed by atoms with Crippen LogP contribution in [0.25, 0.3) is 0 Å². The molecule has 9 rings (SSSR count). The largest absolute Gasteiger partial charge is 0.462 e. The van der Waals surface area contributed by atoms with Crippen LogP contribution in [0, 0.1) is 50.2 Å². The van der Waals surface area contributed by atoms with Crippen molar-refractivity contribution in [1.29, 1.82) is 0 Å². The van der Waals surface area contributed by atoms with Crippen molar-refractivity contribution in [1.82, 2.24) is 0 Å². The number of esters is 1. The quantitative estimate of drug-likeness (QED) is 0.0919. The standard InChI is InChI=1S/C53H86O16/c1-26-35(55)37(57)39(59)44(63-26)68-42-31(25-54)66-46(43(41(42)61)69-45-40(60)38(58)36(56)27(2)64-45)67-34-17-18-50(7)32(49(34,5)6)16-19-52(9)33(50)15-14-29-30-24-48(3,4)20-22-53(30,23-21-51(29,52)8)47(62)65-28-12-10-11-13-28/h14,26-28,30-46,54-61H,10-13,15-25H2,1-9H3/t26-,27-,30-,31+,32-,33+,34-,35-,36-,37+,38+,39+,40+,41-,42+,43+,44-,45-,46-,50-,51+,52+,53-/m0/s1. The molecule has 3 heterocycles. The predicted molar refractivity (Wildman–Crippen MR) is 248 cm³/mol. The van der Waals surface area contributed by atoms with Crippen molar-refractivity contribution < 1.29 is 78.8 Å². The second-order valence-corrected chi connectivity index (χ2v) is 25.4. The van der Waals surface area contributed by atoms with E-state index in [4.69, 9.17) is 33.2 Å². The maximum absolute atomic E-state index is 14.5. The van der Waals surface area contributed by atoms with E-state index in [1.165, 1.54) is 19.4 Å². The van der Waals surface area contributed by atoms with Crippen molar-refractivity contribution in [2.75, 3.05) is 6.61 Å². The van der Waals surface area contributed by atoms with Crippen LogP contribution in [0.1, 0.15) is 152 Å². The number of hydrogen-bond donors (Lipinski definition) is 8. The Hall–Kier alpha value is -1.35. The summed E-state index contributed by atoms with van der Waals surface area (Å²) in [6.45, 7) is 19.1.